The van der Waals surface area contributed by atoms with E-state index in [1.807, 2.05) is 0 Å². The molecule has 0 heterocycles. The van der Waals surface area contributed by atoms with Gasteiger partial charge in [-0.3, -0.25) is 14.4 Å². The summed E-state index contributed by atoms with van der Waals surface area (Å²) in [6.45, 7) is 6.54. The normalized spacial score (nSPS) is 12.7. The molecule has 0 fully saturated rings. The zero-order valence-electron chi connectivity index (χ0n) is 52.8. The fourth-order valence-corrected chi connectivity index (χ4v) is 9.67. The highest BCUT2D eigenvalue weighted by Gasteiger charge is 2.19. The third-order valence-electron chi connectivity index (χ3n) is 14.8. The van der Waals surface area contributed by atoms with Crippen molar-refractivity contribution in [1.29, 1.82) is 0 Å². The molecule has 0 saturated carbocycles. The van der Waals surface area contributed by atoms with E-state index in [0.717, 1.165) is 103 Å². The predicted octanol–water partition coefficient (Wildman–Crippen LogP) is 23.6. The van der Waals surface area contributed by atoms with Crippen LogP contribution < -0.4 is 0 Å². The van der Waals surface area contributed by atoms with Crippen LogP contribution in [0.15, 0.2) is 97.2 Å². The molecule has 460 valence electrons. The molecule has 1 atom stereocenters. The van der Waals surface area contributed by atoms with Crippen LogP contribution in [0.5, 0.6) is 0 Å². The molecule has 0 aromatic rings. The van der Waals surface area contributed by atoms with Crippen molar-refractivity contribution in [3.05, 3.63) is 97.2 Å². The van der Waals surface area contributed by atoms with Crippen LogP contribution in [0.3, 0.4) is 0 Å². The van der Waals surface area contributed by atoms with E-state index in [0.29, 0.717) is 19.3 Å². The minimum absolute atomic E-state index is 0.0824. The summed E-state index contributed by atoms with van der Waals surface area (Å²) in [5.41, 5.74) is 0. The molecule has 0 rings (SSSR count). The minimum atomic E-state index is -0.786. The molecule has 0 aliphatic heterocycles. The van der Waals surface area contributed by atoms with Crippen molar-refractivity contribution in [2.75, 3.05) is 13.2 Å². The first-order valence-electron chi connectivity index (χ1n) is 34.2. The number of hydrogen-bond acceptors (Lipinski definition) is 6. The van der Waals surface area contributed by atoms with Gasteiger partial charge in [-0.25, -0.2) is 0 Å². The molecule has 0 spiro atoms. The Labute approximate surface area is 496 Å². The molecule has 0 bridgehead atoms. The predicted molar refractivity (Wildman–Crippen MR) is 348 cm³/mol. The Morgan fingerprint density at radius 2 is 0.487 bits per heavy atom. The van der Waals surface area contributed by atoms with Gasteiger partial charge in [0.2, 0.25) is 0 Å². The van der Waals surface area contributed by atoms with Crippen LogP contribution in [0.4, 0.5) is 0 Å². The minimum Gasteiger partial charge on any atom is -0.462 e. The second-order valence-corrected chi connectivity index (χ2v) is 22.7. The summed E-state index contributed by atoms with van der Waals surface area (Å²) in [5, 5.41) is 0. The standard InChI is InChI=1S/C74H128O6/c1-4-7-10-13-16-19-22-25-28-30-32-33-34-35-36-37-38-39-40-41-42-44-46-49-52-55-58-61-64-67-73(76)79-70-71(69-78-72(75)66-63-60-57-54-51-48-45-27-24-21-18-15-12-9-6-3)80-74(77)68-65-62-59-56-53-50-47-43-31-29-26-23-20-17-14-11-8-5-2/h7,10,16,19,25,27-29,31-33,35-36,38-39,45,71H,4-6,8-9,11-15,17-18,20-24,26,30,34,37,40-44,46-70H2,1-3H3/b10-7-,19-16-,28-25-,31-29-,33-32-,36-35-,39-38-,45-27-. The molecule has 6 heteroatoms. The maximum absolute atomic E-state index is 12.9. The van der Waals surface area contributed by atoms with Gasteiger partial charge in [-0.15, -0.1) is 0 Å². The molecule has 0 saturated heterocycles. The Morgan fingerprint density at radius 3 is 0.775 bits per heavy atom. The summed E-state index contributed by atoms with van der Waals surface area (Å²) in [6.07, 6.45) is 91.3. The first-order valence-corrected chi connectivity index (χ1v) is 34.2. The lowest BCUT2D eigenvalue weighted by molar-refractivity contribution is -0.167. The quantitative estimate of drug-likeness (QED) is 0.0261. The van der Waals surface area contributed by atoms with E-state index in [2.05, 4.69) is 118 Å². The first-order chi connectivity index (χ1) is 39.5. The lowest BCUT2D eigenvalue weighted by Gasteiger charge is -2.18. The summed E-state index contributed by atoms with van der Waals surface area (Å²) in [4.78, 5) is 38.4. The van der Waals surface area contributed by atoms with Crippen LogP contribution in [-0.4, -0.2) is 37.2 Å². The zero-order chi connectivity index (χ0) is 57.8. The van der Waals surface area contributed by atoms with Crippen molar-refractivity contribution in [3.8, 4) is 0 Å². The highest BCUT2D eigenvalue weighted by molar-refractivity contribution is 5.71. The van der Waals surface area contributed by atoms with Gasteiger partial charge in [-0.2, -0.15) is 0 Å². The lowest BCUT2D eigenvalue weighted by atomic mass is 10.1. The summed E-state index contributed by atoms with van der Waals surface area (Å²) in [7, 11) is 0. The van der Waals surface area contributed by atoms with Crippen LogP contribution in [0.25, 0.3) is 0 Å². The highest BCUT2D eigenvalue weighted by Crippen LogP contribution is 2.16. The SMILES string of the molecule is CC/C=C\C/C=C\C/C=C\C/C=C\C/C=C\C/C=C\CCCCCCCCCCCCC(=O)OCC(COC(=O)CCCCCCC/C=C\CCCCCCCC)OC(=O)CCCCCCCCC/C=C\CCCCCCCCC. The molecule has 0 aliphatic carbocycles. The average molecular weight is 1110 g/mol. The lowest BCUT2D eigenvalue weighted by Crippen LogP contribution is -2.30. The van der Waals surface area contributed by atoms with Crippen molar-refractivity contribution in [3.63, 3.8) is 0 Å². The molecule has 80 heavy (non-hydrogen) atoms. The Morgan fingerprint density at radius 1 is 0.263 bits per heavy atom. The van der Waals surface area contributed by atoms with E-state index in [1.165, 1.54) is 193 Å². The van der Waals surface area contributed by atoms with Gasteiger partial charge in [0.15, 0.2) is 6.10 Å². The van der Waals surface area contributed by atoms with Crippen LogP contribution in [0.1, 0.15) is 335 Å². The van der Waals surface area contributed by atoms with Crippen LogP contribution >= 0.6 is 0 Å². The molecule has 0 aromatic heterocycles. The van der Waals surface area contributed by atoms with Crippen LogP contribution in [-0.2, 0) is 28.6 Å². The number of ether oxygens (including phenoxy) is 3. The summed E-state index contributed by atoms with van der Waals surface area (Å²) >= 11 is 0. The molecule has 0 N–H and O–H groups in total. The molecular weight excluding hydrogens is 985 g/mol. The number of hydrogen-bond donors (Lipinski definition) is 0. The number of rotatable bonds is 62. The van der Waals surface area contributed by atoms with Gasteiger partial charge in [0.1, 0.15) is 13.2 Å². The van der Waals surface area contributed by atoms with E-state index in [4.69, 9.17) is 14.2 Å². The van der Waals surface area contributed by atoms with Gasteiger partial charge in [-0.05, 0) is 122 Å². The maximum Gasteiger partial charge on any atom is 0.306 e. The van der Waals surface area contributed by atoms with Crippen molar-refractivity contribution in [2.45, 2.75) is 341 Å². The second kappa shape index (κ2) is 67.8. The number of allylic oxidation sites excluding steroid dienone is 16. The maximum atomic E-state index is 12.9. The number of unbranched alkanes of at least 4 members (excludes halogenated alkanes) is 35. The average Bonchev–Trinajstić information content (AvgIpc) is 3.46. The first kappa shape index (κ1) is 76.3. The smallest absolute Gasteiger partial charge is 0.306 e. The van der Waals surface area contributed by atoms with Crippen molar-refractivity contribution in [1.82, 2.24) is 0 Å². The van der Waals surface area contributed by atoms with Gasteiger partial charge < -0.3 is 14.2 Å². The fraction of sp³-hybridized carbons (Fsp3) is 0.743. The van der Waals surface area contributed by atoms with Gasteiger partial charge in [0.05, 0.1) is 0 Å². The van der Waals surface area contributed by atoms with Gasteiger partial charge in [0, 0.05) is 19.3 Å². The largest absolute Gasteiger partial charge is 0.462 e. The number of carbonyl (C=O) groups excluding carboxylic acids is 3. The second-order valence-electron chi connectivity index (χ2n) is 22.7. The molecule has 0 aliphatic rings. The molecule has 1 unspecified atom stereocenters. The Hall–Kier alpha value is -3.67. The van der Waals surface area contributed by atoms with E-state index >= 15 is 0 Å². The summed E-state index contributed by atoms with van der Waals surface area (Å²) in [5.74, 6) is -0.885. The van der Waals surface area contributed by atoms with Crippen molar-refractivity contribution in [2.24, 2.45) is 0 Å². The third kappa shape index (κ3) is 65.1. The molecule has 0 amide bonds. The highest BCUT2D eigenvalue weighted by atomic mass is 16.6. The van der Waals surface area contributed by atoms with Gasteiger partial charge in [0.25, 0.3) is 0 Å². The van der Waals surface area contributed by atoms with Gasteiger partial charge in [-0.1, -0.05) is 291 Å². The van der Waals surface area contributed by atoms with E-state index in [9.17, 15) is 14.4 Å². The summed E-state index contributed by atoms with van der Waals surface area (Å²) < 4.78 is 17.0. The summed E-state index contributed by atoms with van der Waals surface area (Å²) in [6, 6.07) is 0. The van der Waals surface area contributed by atoms with Crippen molar-refractivity contribution < 1.29 is 28.6 Å². The third-order valence-corrected chi connectivity index (χ3v) is 14.8. The van der Waals surface area contributed by atoms with E-state index < -0.39 is 6.10 Å². The van der Waals surface area contributed by atoms with Crippen molar-refractivity contribution >= 4 is 17.9 Å². The molecule has 0 aromatic carbocycles. The van der Waals surface area contributed by atoms with E-state index in [1.54, 1.807) is 0 Å². The van der Waals surface area contributed by atoms with Gasteiger partial charge >= 0.3 is 17.9 Å². The molecule has 6 nitrogen and oxygen atoms in total. The van der Waals surface area contributed by atoms with Crippen LogP contribution in [0.2, 0.25) is 0 Å². The Kier molecular flexibility index (Phi) is 64.7. The number of carbonyl (C=O) groups is 3. The topological polar surface area (TPSA) is 78.9 Å². The van der Waals surface area contributed by atoms with E-state index in [-0.39, 0.29) is 31.1 Å². The molecular formula is C74H128O6. The Balaban J connectivity index is 4.32. The Bertz CT molecular complexity index is 1560. The zero-order valence-corrected chi connectivity index (χ0v) is 52.8. The fourth-order valence-electron chi connectivity index (χ4n) is 9.67. The molecule has 0 radical (unpaired) electrons. The number of esters is 3. The monoisotopic (exact) mass is 1110 g/mol. The van der Waals surface area contributed by atoms with Crippen LogP contribution in [0, 0.1) is 0 Å².